The van der Waals surface area contributed by atoms with Gasteiger partial charge in [0, 0.05) is 5.56 Å². The number of carboxylic acids is 1. The van der Waals surface area contributed by atoms with Gasteiger partial charge in [0.25, 0.3) is 0 Å². The van der Waals surface area contributed by atoms with Gasteiger partial charge in [0.2, 0.25) is 0 Å². The van der Waals surface area contributed by atoms with Gasteiger partial charge in [0.1, 0.15) is 11.3 Å². The molecular formula is C23H22O4. The topological polar surface area (TPSA) is 67.5 Å². The molecule has 27 heavy (non-hydrogen) atoms. The Kier molecular flexibility index (Phi) is 4.34. The van der Waals surface area contributed by atoms with Gasteiger partial charge >= 0.3 is 5.97 Å². The Hall–Kier alpha value is -2.88. The minimum absolute atomic E-state index is 0.0368. The van der Waals surface area contributed by atoms with Crippen LogP contribution in [-0.4, -0.2) is 11.1 Å². The van der Waals surface area contributed by atoms with E-state index >= 15 is 0 Å². The van der Waals surface area contributed by atoms with Crippen molar-refractivity contribution >= 4 is 16.9 Å². The number of carboxylic acid groups (broad SMARTS) is 1. The maximum atomic E-state index is 13.2. The Morgan fingerprint density at radius 3 is 2.41 bits per heavy atom. The monoisotopic (exact) mass is 362 g/mol. The molecule has 1 aromatic heterocycles. The van der Waals surface area contributed by atoms with Gasteiger partial charge in [-0.1, -0.05) is 56.2 Å². The molecule has 1 aliphatic rings. The first-order valence-corrected chi connectivity index (χ1v) is 9.46. The molecule has 0 aliphatic heterocycles. The highest BCUT2D eigenvalue weighted by Gasteiger charge is 2.42. The normalized spacial score (nSPS) is 15.9. The molecule has 3 aromatic rings. The SMILES string of the molecule is CCc1c(C2(c3ccccc3)CCCC2)oc2c(C(=O)O)cccc2c1=O. The van der Waals surface area contributed by atoms with E-state index in [0.717, 1.165) is 31.2 Å². The molecule has 0 atom stereocenters. The number of carbonyl (C=O) groups is 1. The van der Waals surface area contributed by atoms with Gasteiger partial charge in [0.15, 0.2) is 11.0 Å². The van der Waals surface area contributed by atoms with Crippen LogP contribution in [0.5, 0.6) is 0 Å². The van der Waals surface area contributed by atoms with E-state index in [1.165, 1.54) is 6.07 Å². The van der Waals surface area contributed by atoms with Gasteiger partial charge in [-0.2, -0.15) is 0 Å². The number of hydrogen-bond acceptors (Lipinski definition) is 3. The summed E-state index contributed by atoms with van der Waals surface area (Å²) in [5.41, 5.74) is 1.53. The minimum Gasteiger partial charge on any atom is -0.478 e. The molecule has 1 fully saturated rings. The van der Waals surface area contributed by atoms with Gasteiger partial charge in [-0.3, -0.25) is 4.79 Å². The number of hydrogen-bond donors (Lipinski definition) is 1. The lowest BCUT2D eigenvalue weighted by molar-refractivity contribution is 0.0697. The summed E-state index contributed by atoms with van der Waals surface area (Å²) in [4.78, 5) is 24.9. The molecule has 2 aromatic carbocycles. The highest BCUT2D eigenvalue weighted by atomic mass is 16.4. The zero-order valence-corrected chi connectivity index (χ0v) is 15.3. The van der Waals surface area contributed by atoms with Crippen LogP contribution in [0.15, 0.2) is 57.7 Å². The number of aromatic carboxylic acids is 1. The third-order valence-corrected chi connectivity index (χ3v) is 5.81. The average molecular weight is 362 g/mol. The lowest BCUT2D eigenvalue weighted by Crippen LogP contribution is -2.28. The fraction of sp³-hybridized carbons (Fsp3) is 0.304. The highest BCUT2D eigenvalue weighted by molar-refractivity contribution is 6.00. The molecule has 4 heteroatoms. The maximum absolute atomic E-state index is 13.2. The van der Waals surface area contributed by atoms with Gasteiger partial charge in [-0.25, -0.2) is 4.79 Å². The minimum atomic E-state index is -1.08. The second-order valence-electron chi connectivity index (χ2n) is 7.24. The van der Waals surface area contributed by atoms with Crippen LogP contribution in [0.4, 0.5) is 0 Å². The van der Waals surface area contributed by atoms with Crippen molar-refractivity contribution in [2.24, 2.45) is 0 Å². The van der Waals surface area contributed by atoms with Crippen LogP contribution in [0, 0.1) is 0 Å². The van der Waals surface area contributed by atoms with Crippen molar-refractivity contribution in [3.8, 4) is 0 Å². The second kappa shape index (κ2) is 6.69. The van der Waals surface area contributed by atoms with Gasteiger partial charge < -0.3 is 9.52 Å². The predicted molar refractivity (Wildman–Crippen MR) is 105 cm³/mol. The molecule has 4 nitrogen and oxygen atoms in total. The van der Waals surface area contributed by atoms with Crippen LogP contribution >= 0.6 is 0 Å². The first-order valence-electron chi connectivity index (χ1n) is 9.46. The standard InChI is InChI=1S/C23H22O4/c1-2-16-19(24)17-11-8-12-18(22(25)26)20(17)27-21(16)23(13-6-7-14-23)15-9-4-3-5-10-15/h3-5,8-12H,2,6-7,13-14H2,1H3,(H,25,26). The molecule has 1 heterocycles. The van der Waals surface area contributed by atoms with E-state index < -0.39 is 5.97 Å². The highest BCUT2D eigenvalue weighted by Crippen LogP contribution is 2.47. The Morgan fingerprint density at radius 1 is 1.07 bits per heavy atom. The first-order chi connectivity index (χ1) is 13.1. The summed E-state index contributed by atoms with van der Waals surface area (Å²) in [6.07, 6.45) is 4.46. The van der Waals surface area contributed by atoms with Crippen LogP contribution in [0.3, 0.4) is 0 Å². The predicted octanol–water partition coefficient (Wildman–Crippen LogP) is 4.91. The van der Waals surface area contributed by atoms with Crippen LogP contribution < -0.4 is 5.43 Å². The van der Waals surface area contributed by atoms with Crippen molar-refractivity contribution < 1.29 is 14.3 Å². The number of rotatable bonds is 4. The molecule has 1 N–H and O–H groups in total. The fourth-order valence-corrected chi connectivity index (χ4v) is 4.51. The molecule has 0 unspecified atom stereocenters. The van der Waals surface area contributed by atoms with Crippen LogP contribution in [0.25, 0.3) is 11.0 Å². The summed E-state index contributed by atoms with van der Waals surface area (Å²) < 4.78 is 6.32. The molecule has 1 aliphatic carbocycles. The molecule has 0 radical (unpaired) electrons. The summed E-state index contributed by atoms with van der Waals surface area (Å²) in [5, 5.41) is 9.92. The maximum Gasteiger partial charge on any atom is 0.339 e. The van der Waals surface area contributed by atoms with Crippen molar-refractivity contribution in [3.05, 3.63) is 81.2 Å². The molecule has 138 valence electrons. The van der Waals surface area contributed by atoms with Gasteiger partial charge in [0.05, 0.1) is 10.8 Å². The van der Waals surface area contributed by atoms with Crippen LogP contribution in [-0.2, 0) is 11.8 Å². The summed E-state index contributed by atoms with van der Waals surface area (Å²) in [5.74, 6) is -0.431. The number of para-hydroxylation sites is 1. The molecule has 0 amide bonds. The van der Waals surface area contributed by atoms with E-state index in [1.54, 1.807) is 12.1 Å². The molecular weight excluding hydrogens is 340 g/mol. The Balaban J connectivity index is 2.10. The molecule has 1 saturated carbocycles. The summed E-state index contributed by atoms with van der Waals surface area (Å²) in [6.45, 7) is 1.95. The number of benzene rings is 2. The molecule has 4 rings (SSSR count). The van der Waals surface area contributed by atoms with E-state index in [-0.39, 0.29) is 22.0 Å². The zero-order chi connectivity index (χ0) is 19.0. The molecule has 0 spiro atoms. The van der Waals surface area contributed by atoms with Crippen molar-refractivity contribution in [3.63, 3.8) is 0 Å². The Labute approximate surface area is 157 Å². The summed E-state index contributed by atoms with van der Waals surface area (Å²) in [6, 6.07) is 14.9. The van der Waals surface area contributed by atoms with E-state index in [2.05, 4.69) is 12.1 Å². The largest absolute Gasteiger partial charge is 0.478 e. The van der Waals surface area contributed by atoms with Crippen molar-refractivity contribution in [2.45, 2.75) is 44.4 Å². The van der Waals surface area contributed by atoms with E-state index in [9.17, 15) is 14.7 Å². The fourth-order valence-electron chi connectivity index (χ4n) is 4.51. The van der Waals surface area contributed by atoms with Crippen molar-refractivity contribution in [1.82, 2.24) is 0 Å². The Morgan fingerprint density at radius 2 is 1.78 bits per heavy atom. The average Bonchev–Trinajstić information content (AvgIpc) is 3.19. The summed E-state index contributed by atoms with van der Waals surface area (Å²) in [7, 11) is 0. The lowest BCUT2D eigenvalue weighted by atomic mass is 9.74. The van der Waals surface area contributed by atoms with E-state index in [4.69, 9.17) is 4.42 Å². The third kappa shape index (κ3) is 2.67. The van der Waals surface area contributed by atoms with Gasteiger partial charge in [-0.05, 0) is 37.0 Å². The van der Waals surface area contributed by atoms with Crippen LogP contribution in [0.1, 0.15) is 59.9 Å². The molecule has 0 bridgehead atoms. The van der Waals surface area contributed by atoms with Gasteiger partial charge in [-0.15, -0.1) is 0 Å². The first kappa shape index (κ1) is 17.5. The molecule has 0 saturated heterocycles. The second-order valence-corrected chi connectivity index (χ2v) is 7.24. The van der Waals surface area contributed by atoms with Crippen LogP contribution in [0.2, 0.25) is 0 Å². The Bertz CT molecular complexity index is 1060. The quantitative estimate of drug-likeness (QED) is 0.716. The third-order valence-electron chi connectivity index (χ3n) is 5.81. The lowest BCUT2D eigenvalue weighted by Gasteiger charge is -2.30. The van der Waals surface area contributed by atoms with E-state index in [0.29, 0.717) is 23.1 Å². The summed E-state index contributed by atoms with van der Waals surface area (Å²) >= 11 is 0. The van der Waals surface area contributed by atoms with E-state index in [1.807, 2.05) is 25.1 Å². The van der Waals surface area contributed by atoms with Crippen molar-refractivity contribution in [1.29, 1.82) is 0 Å². The smallest absolute Gasteiger partial charge is 0.339 e. The zero-order valence-electron chi connectivity index (χ0n) is 15.3. The van der Waals surface area contributed by atoms with Crippen molar-refractivity contribution in [2.75, 3.05) is 0 Å². The number of fused-ring (bicyclic) bond motifs is 1.